The van der Waals surface area contributed by atoms with Crippen LogP contribution in [0, 0.1) is 0 Å². The van der Waals surface area contributed by atoms with E-state index >= 15 is 0 Å². The van der Waals surface area contributed by atoms with Crippen molar-refractivity contribution in [1.82, 2.24) is 14.4 Å². The number of benzene rings is 2. The number of piperazine rings is 1. The maximum atomic E-state index is 9.64. The first kappa shape index (κ1) is 20.0. The summed E-state index contributed by atoms with van der Waals surface area (Å²) >= 11 is 0. The van der Waals surface area contributed by atoms with E-state index in [0.717, 1.165) is 44.9 Å². The molecular formula is C24H31N3O2. The second-order valence-electron chi connectivity index (χ2n) is 8.01. The van der Waals surface area contributed by atoms with Gasteiger partial charge in [0.2, 0.25) is 0 Å². The van der Waals surface area contributed by atoms with Crippen LogP contribution in [0.1, 0.15) is 17.5 Å². The van der Waals surface area contributed by atoms with Gasteiger partial charge < -0.3 is 14.4 Å². The first-order chi connectivity index (χ1) is 14.2. The molecule has 1 atom stereocenters. The summed E-state index contributed by atoms with van der Waals surface area (Å²) in [6.07, 6.45) is 3.06. The van der Waals surface area contributed by atoms with E-state index in [1.807, 2.05) is 12.1 Å². The fourth-order valence-electron chi connectivity index (χ4n) is 4.53. The number of nitrogens with zero attached hydrogens (tertiary/aromatic N) is 3. The number of fused-ring (bicyclic) bond motifs is 1. The van der Waals surface area contributed by atoms with Crippen molar-refractivity contribution in [1.29, 1.82) is 0 Å². The predicted molar refractivity (Wildman–Crippen MR) is 117 cm³/mol. The molecule has 0 spiro atoms. The van der Waals surface area contributed by atoms with Crippen molar-refractivity contribution >= 4 is 10.9 Å². The Morgan fingerprint density at radius 3 is 2.76 bits per heavy atom. The van der Waals surface area contributed by atoms with Crippen molar-refractivity contribution in [2.45, 2.75) is 25.6 Å². The number of methoxy groups -OCH3 is 1. The van der Waals surface area contributed by atoms with Gasteiger partial charge in [0.05, 0.1) is 7.11 Å². The van der Waals surface area contributed by atoms with Crippen LogP contribution < -0.4 is 4.74 Å². The number of aliphatic hydroxyl groups excluding tert-OH is 1. The highest BCUT2D eigenvalue weighted by atomic mass is 16.5. The average molecular weight is 394 g/mol. The van der Waals surface area contributed by atoms with Crippen LogP contribution in [0.25, 0.3) is 10.9 Å². The number of aliphatic hydroxyl groups is 1. The normalized spacial score (nSPS) is 18.4. The summed E-state index contributed by atoms with van der Waals surface area (Å²) in [5.74, 6) is 0.899. The number of aromatic nitrogens is 1. The van der Waals surface area contributed by atoms with Gasteiger partial charge in [0.1, 0.15) is 5.75 Å². The van der Waals surface area contributed by atoms with Crippen molar-refractivity contribution in [3.63, 3.8) is 0 Å². The van der Waals surface area contributed by atoms with Crippen molar-refractivity contribution in [2.24, 2.45) is 7.05 Å². The molecule has 0 bridgehead atoms. The molecule has 5 heteroatoms. The number of hydrogen-bond donors (Lipinski definition) is 1. The van der Waals surface area contributed by atoms with Gasteiger partial charge >= 0.3 is 0 Å². The van der Waals surface area contributed by atoms with Crippen LogP contribution in [-0.4, -0.2) is 58.9 Å². The van der Waals surface area contributed by atoms with Crippen LogP contribution in [0.15, 0.2) is 54.7 Å². The molecule has 1 aromatic heterocycles. The number of ether oxygens (including phenoxy) is 1. The molecule has 0 saturated carbocycles. The Labute approximate surface area is 173 Å². The fraction of sp³-hybridized carbons (Fsp3) is 0.417. The maximum Gasteiger partial charge on any atom is 0.119 e. The first-order valence-corrected chi connectivity index (χ1v) is 10.4. The lowest BCUT2D eigenvalue weighted by Crippen LogP contribution is -2.52. The highest BCUT2D eigenvalue weighted by Gasteiger charge is 2.27. The molecule has 2 aromatic carbocycles. The third-order valence-electron chi connectivity index (χ3n) is 6.04. The Hall–Kier alpha value is -2.34. The van der Waals surface area contributed by atoms with E-state index in [4.69, 9.17) is 4.74 Å². The monoisotopic (exact) mass is 393 g/mol. The lowest BCUT2D eigenvalue weighted by Gasteiger charge is -2.41. The van der Waals surface area contributed by atoms with Crippen LogP contribution in [0.5, 0.6) is 5.75 Å². The molecule has 0 aliphatic carbocycles. The zero-order chi connectivity index (χ0) is 20.2. The molecule has 0 unspecified atom stereocenters. The van der Waals surface area contributed by atoms with E-state index in [0.29, 0.717) is 6.04 Å². The molecule has 0 radical (unpaired) electrons. The molecule has 2 heterocycles. The van der Waals surface area contributed by atoms with Crippen LogP contribution in [-0.2, 0) is 20.1 Å². The fourth-order valence-corrected chi connectivity index (χ4v) is 4.53. The molecule has 1 saturated heterocycles. The lowest BCUT2D eigenvalue weighted by molar-refractivity contribution is 0.0501. The van der Waals surface area contributed by atoms with Crippen molar-refractivity contribution in [2.75, 3.05) is 33.4 Å². The van der Waals surface area contributed by atoms with E-state index in [-0.39, 0.29) is 6.61 Å². The highest BCUT2D eigenvalue weighted by molar-refractivity contribution is 5.83. The second-order valence-corrected chi connectivity index (χ2v) is 8.01. The molecule has 5 nitrogen and oxygen atoms in total. The van der Waals surface area contributed by atoms with Crippen LogP contribution in [0.3, 0.4) is 0 Å². The molecule has 3 aromatic rings. The second kappa shape index (κ2) is 8.99. The number of rotatable bonds is 7. The largest absolute Gasteiger partial charge is 0.497 e. The Morgan fingerprint density at radius 1 is 1.07 bits per heavy atom. The average Bonchev–Trinajstić information content (AvgIpc) is 3.06. The maximum absolute atomic E-state index is 9.64. The Morgan fingerprint density at radius 2 is 1.93 bits per heavy atom. The minimum atomic E-state index is 0.224. The van der Waals surface area contributed by atoms with Gasteiger partial charge in [-0.1, -0.05) is 30.3 Å². The van der Waals surface area contributed by atoms with E-state index in [9.17, 15) is 5.11 Å². The van der Waals surface area contributed by atoms with E-state index in [2.05, 4.69) is 64.0 Å². The molecule has 29 heavy (non-hydrogen) atoms. The molecule has 1 aliphatic rings. The Bertz CT molecular complexity index is 952. The summed E-state index contributed by atoms with van der Waals surface area (Å²) in [7, 11) is 3.83. The summed E-state index contributed by atoms with van der Waals surface area (Å²) in [5.41, 5.74) is 3.92. The van der Waals surface area contributed by atoms with Gasteiger partial charge in [-0.25, -0.2) is 0 Å². The minimum Gasteiger partial charge on any atom is -0.497 e. The zero-order valence-electron chi connectivity index (χ0n) is 17.4. The van der Waals surface area contributed by atoms with Gasteiger partial charge in [0.25, 0.3) is 0 Å². The van der Waals surface area contributed by atoms with Gasteiger partial charge in [-0.3, -0.25) is 9.80 Å². The standard InChI is InChI=1S/C24H31N3O2/c1-25-16-20(23-8-3-4-9-24(23)25)17-26-11-12-27(21(18-26)10-13-28)15-19-6-5-7-22(14-19)29-2/h3-9,14,16,21,28H,10-13,15,17-18H2,1-2H3/t21-/m1/s1. The topological polar surface area (TPSA) is 40.9 Å². The SMILES string of the molecule is COc1cccc(CN2CCN(Cc3cn(C)c4ccccc34)C[C@H]2CCO)c1. The molecule has 0 amide bonds. The third-order valence-corrected chi connectivity index (χ3v) is 6.04. The summed E-state index contributed by atoms with van der Waals surface area (Å²) in [6.45, 7) is 5.09. The minimum absolute atomic E-state index is 0.224. The number of hydrogen-bond acceptors (Lipinski definition) is 4. The van der Waals surface area contributed by atoms with Crippen molar-refractivity contribution < 1.29 is 9.84 Å². The summed E-state index contributed by atoms with van der Waals surface area (Å²) in [6, 6.07) is 17.3. The summed E-state index contributed by atoms with van der Waals surface area (Å²) in [5, 5.41) is 11.0. The van der Waals surface area contributed by atoms with E-state index in [1.54, 1.807) is 7.11 Å². The Kier molecular flexibility index (Phi) is 6.19. The molecule has 154 valence electrons. The van der Waals surface area contributed by atoms with Crippen molar-refractivity contribution in [3.8, 4) is 5.75 Å². The molecule has 1 N–H and O–H groups in total. The van der Waals surface area contributed by atoms with Gasteiger partial charge in [0, 0.05) is 69.5 Å². The number of aryl methyl sites for hydroxylation is 1. The highest BCUT2D eigenvalue weighted by Crippen LogP contribution is 2.24. The van der Waals surface area contributed by atoms with Gasteiger partial charge in [-0.2, -0.15) is 0 Å². The summed E-state index contributed by atoms with van der Waals surface area (Å²) in [4.78, 5) is 5.04. The lowest BCUT2D eigenvalue weighted by atomic mass is 10.1. The van der Waals surface area contributed by atoms with E-state index in [1.165, 1.54) is 22.0 Å². The summed E-state index contributed by atoms with van der Waals surface area (Å²) < 4.78 is 7.59. The zero-order valence-corrected chi connectivity index (χ0v) is 17.4. The first-order valence-electron chi connectivity index (χ1n) is 10.4. The molecule has 1 fully saturated rings. The molecule has 1 aliphatic heterocycles. The van der Waals surface area contributed by atoms with E-state index < -0.39 is 0 Å². The number of para-hydroxylation sites is 1. The van der Waals surface area contributed by atoms with Crippen molar-refractivity contribution in [3.05, 3.63) is 65.9 Å². The smallest absolute Gasteiger partial charge is 0.119 e. The van der Waals surface area contributed by atoms with Crippen LogP contribution in [0.4, 0.5) is 0 Å². The molecule has 4 rings (SSSR count). The predicted octanol–water partition coefficient (Wildman–Crippen LogP) is 3.26. The Balaban J connectivity index is 1.46. The van der Waals surface area contributed by atoms with Gasteiger partial charge in [0.15, 0.2) is 0 Å². The van der Waals surface area contributed by atoms with Crippen LogP contribution in [0.2, 0.25) is 0 Å². The van der Waals surface area contributed by atoms with Crippen LogP contribution >= 0.6 is 0 Å². The van der Waals surface area contributed by atoms with Gasteiger partial charge in [-0.15, -0.1) is 0 Å². The third kappa shape index (κ3) is 4.47. The quantitative estimate of drug-likeness (QED) is 0.669. The van der Waals surface area contributed by atoms with Gasteiger partial charge in [-0.05, 0) is 35.7 Å². The molecular weight excluding hydrogens is 362 g/mol.